The Kier molecular flexibility index (Phi) is 7.40. The maximum Gasteiger partial charge on any atom is 0.263 e. The summed E-state index contributed by atoms with van der Waals surface area (Å²) in [6.45, 7) is 4.16. The van der Waals surface area contributed by atoms with Gasteiger partial charge in [-0.05, 0) is 30.3 Å². The molecule has 0 bridgehead atoms. The van der Waals surface area contributed by atoms with Gasteiger partial charge in [-0.2, -0.15) is 4.31 Å². The van der Waals surface area contributed by atoms with E-state index in [4.69, 9.17) is 4.74 Å². The van der Waals surface area contributed by atoms with Crippen molar-refractivity contribution < 1.29 is 26.4 Å². The number of carbonyl (C=O) groups is 1. The van der Waals surface area contributed by atoms with Gasteiger partial charge < -0.3 is 10.1 Å². The molecule has 0 radical (unpaired) electrons. The number of hydrogen-bond donors (Lipinski definition) is 2. The molecule has 3 rings (SSSR count). The molecule has 33 heavy (non-hydrogen) atoms. The molecule has 0 unspecified atom stereocenters. The first-order valence-electron chi connectivity index (χ1n) is 10.3. The average molecular weight is 495 g/mol. The zero-order valence-electron chi connectivity index (χ0n) is 18.5. The van der Waals surface area contributed by atoms with Gasteiger partial charge in [-0.25, -0.2) is 16.8 Å². The third-order valence-corrected chi connectivity index (χ3v) is 8.50. The van der Waals surface area contributed by atoms with Crippen LogP contribution in [-0.2, 0) is 24.8 Å². The van der Waals surface area contributed by atoms with Crippen LogP contribution in [0.2, 0.25) is 0 Å². The smallest absolute Gasteiger partial charge is 0.263 e. The quantitative estimate of drug-likeness (QED) is 0.546. The molecule has 0 saturated heterocycles. The van der Waals surface area contributed by atoms with Crippen molar-refractivity contribution in [2.75, 3.05) is 32.1 Å². The number of sulfonamides is 2. The van der Waals surface area contributed by atoms with Gasteiger partial charge in [-0.15, -0.1) is 0 Å². The summed E-state index contributed by atoms with van der Waals surface area (Å²) in [5.74, 6) is 0.0677. The van der Waals surface area contributed by atoms with E-state index in [1.807, 2.05) is 0 Å². The van der Waals surface area contributed by atoms with Crippen molar-refractivity contribution >= 4 is 37.5 Å². The van der Waals surface area contributed by atoms with E-state index < -0.39 is 26.0 Å². The van der Waals surface area contributed by atoms with E-state index in [1.165, 1.54) is 35.7 Å². The van der Waals surface area contributed by atoms with Gasteiger partial charge in [0.05, 0.1) is 29.1 Å². The maximum atomic E-state index is 12.8. The summed E-state index contributed by atoms with van der Waals surface area (Å²) in [6.07, 6.45) is -0.0520. The van der Waals surface area contributed by atoms with Gasteiger partial charge in [-0.1, -0.05) is 26.0 Å². The van der Waals surface area contributed by atoms with Crippen LogP contribution in [0.3, 0.4) is 0 Å². The van der Waals surface area contributed by atoms with Gasteiger partial charge in [0.2, 0.25) is 15.9 Å². The number of amidine groups is 1. The Labute approximate surface area is 193 Å². The molecule has 2 N–H and O–H groups in total. The molecule has 0 aliphatic carbocycles. The summed E-state index contributed by atoms with van der Waals surface area (Å²) < 4.78 is 58.8. The second kappa shape index (κ2) is 9.89. The third kappa shape index (κ3) is 5.18. The Morgan fingerprint density at radius 2 is 1.85 bits per heavy atom. The first-order valence-corrected chi connectivity index (χ1v) is 13.2. The lowest BCUT2D eigenvalue weighted by Gasteiger charge is -2.19. The summed E-state index contributed by atoms with van der Waals surface area (Å²) >= 11 is 0. The molecule has 12 heteroatoms. The summed E-state index contributed by atoms with van der Waals surface area (Å²) in [5, 5.41) is 2.65. The van der Waals surface area contributed by atoms with Crippen LogP contribution in [0.1, 0.15) is 25.8 Å². The van der Waals surface area contributed by atoms with E-state index in [0.717, 1.165) is 0 Å². The number of anilines is 1. The van der Waals surface area contributed by atoms with Crippen LogP contribution >= 0.6 is 0 Å². The third-order valence-electron chi connectivity index (χ3n) is 5.06. The minimum atomic E-state index is -3.71. The highest BCUT2D eigenvalue weighted by Crippen LogP contribution is 2.29. The monoisotopic (exact) mass is 494 g/mol. The van der Waals surface area contributed by atoms with Crippen molar-refractivity contribution in [1.82, 2.24) is 9.03 Å². The molecule has 0 spiro atoms. The molecule has 2 aromatic carbocycles. The first kappa shape index (κ1) is 24.7. The average Bonchev–Trinajstić information content (AvgIpc) is 3.04. The zero-order valence-corrected chi connectivity index (χ0v) is 20.2. The molecule has 10 nitrogen and oxygen atoms in total. The van der Waals surface area contributed by atoms with Crippen LogP contribution in [0.4, 0.5) is 5.69 Å². The van der Waals surface area contributed by atoms with Gasteiger partial charge in [0.15, 0.2) is 0 Å². The predicted molar refractivity (Wildman–Crippen MR) is 125 cm³/mol. The van der Waals surface area contributed by atoms with Crippen LogP contribution in [0.25, 0.3) is 0 Å². The second-order valence-electron chi connectivity index (χ2n) is 7.08. The number of amides is 1. The van der Waals surface area contributed by atoms with Gasteiger partial charge >= 0.3 is 0 Å². The molecule has 1 heterocycles. The fourth-order valence-electron chi connectivity index (χ4n) is 3.39. The molecule has 2 aromatic rings. The molecule has 0 aromatic heterocycles. The number of hydrogen-bond acceptors (Lipinski definition) is 7. The van der Waals surface area contributed by atoms with Gasteiger partial charge in [-0.3, -0.25) is 14.5 Å². The van der Waals surface area contributed by atoms with E-state index in [9.17, 15) is 21.6 Å². The van der Waals surface area contributed by atoms with Crippen molar-refractivity contribution in [2.24, 2.45) is 4.99 Å². The van der Waals surface area contributed by atoms with E-state index in [-0.39, 0.29) is 34.3 Å². The molecule has 1 aliphatic rings. The number of nitrogens with one attached hydrogen (secondary N) is 2. The standard InChI is InChI=1S/C21H26N4O6S2/c1-4-25(5-2)33(29,30)15-10-11-18(31-3)17(14-15)23-20(26)12-13-22-21-16-8-6-7-9-19(16)32(27,28)24-21/h6-11,14H,4-5,12-13H2,1-3H3,(H,22,24)(H,23,26). The lowest BCUT2D eigenvalue weighted by molar-refractivity contribution is -0.116. The molecule has 0 saturated carbocycles. The highest BCUT2D eigenvalue weighted by atomic mass is 32.2. The predicted octanol–water partition coefficient (Wildman–Crippen LogP) is 1.79. The number of carbonyl (C=O) groups excluding carboxylic acids is 1. The Morgan fingerprint density at radius 3 is 2.52 bits per heavy atom. The molecular weight excluding hydrogens is 468 g/mol. The van der Waals surface area contributed by atoms with Gasteiger partial charge in [0.25, 0.3) is 10.0 Å². The molecular formula is C21H26N4O6S2. The van der Waals surface area contributed by atoms with Crippen molar-refractivity contribution in [3.8, 4) is 5.75 Å². The Hall–Kier alpha value is -2.96. The fraction of sp³-hybridized carbons (Fsp3) is 0.333. The second-order valence-corrected chi connectivity index (χ2v) is 10.7. The first-order chi connectivity index (χ1) is 15.6. The van der Waals surface area contributed by atoms with E-state index in [2.05, 4.69) is 15.0 Å². The van der Waals surface area contributed by atoms with Crippen LogP contribution in [0, 0.1) is 0 Å². The number of nitrogens with zero attached hydrogens (tertiary/aromatic N) is 2. The highest BCUT2D eigenvalue weighted by Gasteiger charge is 2.30. The number of fused-ring (bicyclic) bond motifs is 1. The zero-order chi connectivity index (χ0) is 24.2. The highest BCUT2D eigenvalue weighted by molar-refractivity contribution is 7.90. The maximum absolute atomic E-state index is 12.8. The minimum Gasteiger partial charge on any atom is -0.495 e. The van der Waals surface area contributed by atoms with E-state index in [1.54, 1.807) is 32.0 Å². The minimum absolute atomic E-state index is 0.0256. The van der Waals surface area contributed by atoms with Crippen LogP contribution in [0.5, 0.6) is 5.75 Å². The summed E-state index contributed by atoms with van der Waals surface area (Å²) in [5.41, 5.74) is 0.671. The Bertz CT molecular complexity index is 1290. The van der Waals surface area contributed by atoms with Crippen LogP contribution < -0.4 is 14.8 Å². The number of ether oxygens (including phenoxy) is 1. The molecule has 0 fully saturated rings. The lowest BCUT2D eigenvalue weighted by atomic mass is 10.2. The van der Waals surface area contributed by atoms with Gasteiger partial charge in [0, 0.05) is 25.1 Å². The molecule has 1 aliphatic heterocycles. The Balaban J connectivity index is 1.74. The van der Waals surface area contributed by atoms with Gasteiger partial charge in [0.1, 0.15) is 11.6 Å². The van der Waals surface area contributed by atoms with Crippen LogP contribution in [-0.4, -0.2) is 59.6 Å². The molecule has 0 atom stereocenters. The van der Waals surface area contributed by atoms with Crippen molar-refractivity contribution in [1.29, 1.82) is 0 Å². The van der Waals surface area contributed by atoms with E-state index in [0.29, 0.717) is 24.4 Å². The SMILES string of the molecule is CCN(CC)S(=O)(=O)c1ccc(OC)c(NC(=O)CCN=C2NS(=O)(=O)c3ccccc32)c1. The molecule has 1 amide bonds. The fourth-order valence-corrected chi connectivity index (χ4v) is 6.13. The van der Waals surface area contributed by atoms with Crippen molar-refractivity contribution in [2.45, 2.75) is 30.1 Å². The Morgan fingerprint density at radius 1 is 1.15 bits per heavy atom. The lowest BCUT2D eigenvalue weighted by Crippen LogP contribution is -2.30. The number of aliphatic imine (C=N–C) groups is 1. The van der Waals surface area contributed by atoms with Crippen LogP contribution in [0.15, 0.2) is 57.2 Å². The van der Waals surface area contributed by atoms with Crippen molar-refractivity contribution in [3.05, 3.63) is 48.0 Å². The topological polar surface area (TPSA) is 134 Å². The molecule has 178 valence electrons. The summed E-state index contributed by atoms with van der Waals surface area (Å²) in [4.78, 5) is 16.9. The number of methoxy groups -OCH3 is 1. The van der Waals surface area contributed by atoms with Crippen molar-refractivity contribution in [3.63, 3.8) is 0 Å². The number of rotatable bonds is 9. The summed E-state index contributed by atoms with van der Waals surface area (Å²) in [7, 11) is -5.95. The normalized spacial score (nSPS) is 15.8. The van der Waals surface area contributed by atoms with E-state index >= 15 is 0 Å². The largest absolute Gasteiger partial charge is 0.495 e. The summed E-state index contributed by atoms with van der Waals surface area (Å²) in [6, 6.07) is 10.7. The number of benzene rings is 2.